The maximum atomic E-state index is 10.4. The summed E-state index contributed by atoms with van der Waals surface area (Å²) in [5, 5.41) is 18.0. The zero-order valence-electron chi connectivity index (χ0n) is 7.70. The number of aliphatic carboxylic acids is 1. The molecule has 0 aliphatic rings. The number of aryl methyl sites for hydroxylation is 1. The zero-order chi connectivity index (χ0) is 10.7. The van der Waals surface area contributed by atoms with Crippen molar-refractivity contribution in [1.82, 2.24) is 0 Å². The fraction of sp³-hybridized carbons (Fsp3) is 0.300. The molecule has 1 rings (SSSR count). The van der Waals surface area contributed by atoms with Gasteiger partial charge in [-0.2, -0.15) is 0 Å². The fourth-order valence-corrected chi connectivity index (χ4v) is 1.50. The molecule has 0 aromatic heterocycles. The van der Waals surface area contributed by atoms with E-state index in [0.717, 1.165) is 10.0 Å². The lowest BCUT2D eigenvalue weighted by molar-refractivity contribution is -0.139. The average molecular weight is 259 g/mol. The van der Waals surface area contributed by atoms with Crippen molar-refractivity contribution in [2.75, 3.05) is 0 Å². The molecule has 0 heterocycles. The van der Waals surface area contributed by atoms with E-state index in [1.165, 1.54) is 0 Å². The summed E-state index contributed by atoms with van der Waals surface area (Å²) in [6.45, 7) is 1.93. The van der Waals surface area contributed by atoms with E-state index in [2.05, 4.69) is 15.9 Å². The van der Waals surface area contributed by atoms with Crippen molar-refractivity contribution in [3.05, 3.63) is 33.8 Å². The van der Waals surface area contributed by atoms with Crippen molar-refractivity contribution in [1.29, 1.82) is 0 Å². The lowest BCUT2D eigenvalue weighted by Crippen LogP contribution is -2.05. The first kappa shape index (κ1) is 11.2. The quantitative estimate of drug-likeness (QED) is 0.875. The Kier molecular flexibility index (Phi) is 3.66. The molecule has 14 heavy (non-hydrogen) atoms. The van der Waals surface area contributed by atoms with Gasteiger partial charge in [0.25, 0.3) is 0 Å². The van der Waals surface area contributed by atoms with Crippen LogP contribution in [0.1, 0.15) is 23.7 Å². The topological polar surface area (TPSA) is 57.5 Å². The predicted octanol–water partition coefficient (Wildman–Crippen LogP) is 2.27. The largest absolute Gasteiger partial charge is 0.481 e. The summed E-state index contributed by atoms with van der Waals surface area (Å²) in [6, 6.07) is 5.31. The van der Waals surface area contributed by atoms with Crippen LogP contribution in [0.15, 0.2) is 22.7 Å². The van der Waals surface area contributed by atoms with Crippen LogP contribution in [0.3, 0.4) is 0 Å². The number of halogens is 1. The van der Waals surface area contributed by atoms with Crippen molar-refractivity contribution in [2.45, 2.75) is 19.4 Å². The number of rotatable bonds is 3. The molecule has 0 amide bonds. The van der Waals surface area contributed by atoms with Crippen LogP contribution in [-0.2, 0) is 4.79 Å². The van der Waals surface area contributed by atoms with E-state index in [9.17, 15) is 9.90 Å². The Bertz CT molecular complexity index is 349. The molecule has 0 unspecified atom stereocenters. The highest BCUT2D eigenvalue weighted by molar-refractivity contribution is 9.10. The summed E-state index contributed by atoms with van der Waals surface area (Å²) >= 11 is 3.32. The molecule has 0 spiro atoms. The molecule has 0 fully saturated rings. The molecule has 1 aromatic carbocycles. The number of aliphatic hydroxyl groups is 1. The van der Waals surface area contributed by atoms with Crippen LogP contribution >= 0.6 is 15.9 Å². The first-order chi connectivity index (χ1) is 6.50. The Morgan fingerprint density at radius 1 is 1.57 bits per heavy atom. The van der Waals surface area contributed by atoms with Crippen molar-refractivity contribution in [3.63, 3.8) is 0 Å². The number of carbonyl (C=O) groups is 1. The van der Waals surface area contributed by atoms with Gasteiger partial charge < -0.3 is 10.2 Å². The summed E-state index contributed by atoms with van der Waals surface area (Å²) in [5.74, 6) is -1.01. The number of carboxylic acid groups (broad SMARTS) is 1. The lowest BCUT2D eigenvalue weighted by Gasteiger charge is -2.09. The maximum absolute atomic E-state index is 10.4. The molecule has 0 aliphatic heterocycles. The van der Waals surface area contributed by atoms with Gasteiger partial charge >= 0.3 is 5.97 Å². The van der Waals surface area contributed by atoms with Gasteiger partial charge in [-0.1, -0.05) is 28.1 Å². The number of carboxylic acids is 1. The minimum Gasteiger partial charge on any atom is -0.481 e. The van der Waals surface area contributed by atoms with Crippen LogP contribution < -0.4 is 0 Å². The van der Waals surface area contributed by atoms with Gasteiger partial charge in [0.15, 0.2) is 0 Å². The summed E-state index contributed by atoms with van der Waals surface area (Å²) in [5.41, 5.74) is 1.67. The van der Waals surface area contributed by atoms with Gasteiger partial charge in [0, 0.05) is 4.47 Å². The summed E-state index contributed by atoms with van der Waals surface area (Å²) in [6.07, 6.45) is -1.21. The molecule has 0 aliphatic carbocycles. The molecular formula is C10H11BrO3. The molecule has 0 radical (unpaired) electrons. The van der Waals surface area contributed by atoms with Crippen LogP contribution in [0.25, 0.3) is 0 Å². The van der Waals surface area contributed by atoms with Crippen LogP contribution in [0.5, 0.6) is 0 Å². The maximum Gasteiger partial charge on any atom is 0.306 e. The van der Waals surface area contributed by atoms with E-state index in [4.69, 9.17) is 5.11 Å². The van der Waals surface area contributed by atoms with Gasteiger partial charge in [-0.15, -0.1) is 0 Å². The van der Waals surface area contributed by atoms with Gasteiger partial charge in [0.05, 0.1) is 12.5 Å². The van der Waals surface area contributed by atoms with Crippen LogP contribution in [0.2, 0.25) is 0 Å². The fourth-order valence-electron chi connectivity index (χ4n) is 1.10. The van der Waals surface area contributed by atoms with Gasteiger partial charge in [-0.3, -0.25) is 4.79 Å². The van der Waals surface area contributed by atoms with Crippen LogP contribution in [0.4, 0.5) is 0 Å². The van der Waals surface area contributed by atoms with Crippen molar-refractivity contribution >= 4 is 21.9 Å². The molecular weight excluding hydrogens is 248 g/mol. The lowest BCUT2D eigenvalue weighted by atomic mass is 10.1. The van der Waals surface area contributed by atoms with Crippen molar-refractivity contribution in [2.24, 2.45) is 0 Å². The first-order valence-corrected chi connectivity index (χ1v) is 4.96. The highest BCUT2D eigenvalue weighted by atomic mass is 79.9. The smallest absolute Gasteiger partial charge is 0.306 e. The van der Waals surface area contributed by atoms with Gasteiger partial charge in [-0.05, 0) is 24.1 Å². The molecule has 1 aromatic rings. The first-order valence-electron chi connectivity index (χ1n) is 4.16. The number of hydrogen-bond acceptors (Lipinski definition) is 2. The summed E-state index contributed by atoms with van der Waals surface area (Å²) < 4.78 is 0.874. The average Bonchev–Trinajstić information content (AvgIpc) is 2.08. The molecule has 0 saturated heterocycles. The third kappa shape index (κ3) is 2.82. The standard InChI is InChI=1S/C10H11BrO3/c1-6-2-3-7(4-8(6)11)9(12)5-10(13)14/h2-4,9,12H,5H2,1H3,(H,13,14)/t9-/m0/s1. The van der Waals surface area contributed by atoms with E-state index in [1.807, 2.05) is 13.0 Å². The summed E-state index contributed by atoms with van der Waals surface area (Å²) in [7, 11) is 0. The molecule has 76 valence electrons. The number of aliphatic hydroxyl groups excluding tert-OH is 1. The van der Waals surface area contributed by atoms with Crippen LogP contribution in [0, 0.1) is 6.92 Å². The third-order valence-electron chi connectivity index (χ3n) is 1.95. The van der Waals surface area contributed by atoms with Gasteiger partial charge in [0.2, 0.25) is 0 Å². The minimum absolute atomic E-state index is 0.268. The monoisotopic (exact) mass is 258 g/mol. The van der Waals surface area contributed by atoms with Crippen LogP contribution in [-0.4, -0.2) is 16.2 Å². The van der Waals surface area contributed by atoms with Crippen molar-refractivity contribution < 1.29 is 15.0 Å². The van der Waals surface area contributed by atoms with E-state index in [1.54, 1.807) is 12.1 Å². The minimum atomic E-state index is -1.01. The molecule has 2 N–H and O–H groups in total. The van der Waals surface area contributed by atoms with E-state index in [0.29, 0.717) is 5.56 Å². The molecule has 3 nitrogen and oxygen atoms in total. The normalized spacial score (nSPS) is 12.5. The molecule has 0 bridgehead atoms. The Labute approximate surface area is 90.5 Å². The van der Waals surface area contributed by atoms with Gasteiger partial charge in [0.1, 0.15) is 0 Å². The van der Waals surface area contributed by atoms with E-state index >= 15 is 0 Å². The summed E-state index contributed by atoms with van der Waals surface area (Å²) in [4.78, 5) is 10.4. The third-order valence-corrected chi connectivity index (χ3v) is 2.80. The Morgan fingerprint density at radius 3 is 2.71 bits per heavy atom. The predicted molar refractivity (Wildman–Crippen MR) is 56.1 cm³/mol. The number of benzene rings is 1. The highest BCUT2D eigenvalue weighted by Crippen LogP contribution is 2.23. The highest BCUT2D eigenvalue weighted by Gasteiger charge is 2.12. The van der Waals surface area contributed by atoms with E-state index < -0.39 is 12.1 Å². The van der Waals surface area contributed by atoms with Gasteiger partial charge in [-0.25, -0.2) is 0 Å². The molecule has 0 saturated carbocycles. The number of hydrogen-bond donors (Lipinski definition) is 2. The second kappa shape index (κ2) is 4.57. The molecule has 4 heteroatoms. The molecule has 1 atom stereocenters. The zero-order valence-corrected chi connectivity index (χ0v) is 9.28. The Hall–Kier alpha value is -0.870. The SMILES string of the molecule is Cc1ccc([C@@H](O)CC(=O)O)cc1Br. The van der Waals surface area contributed by atoms with E-state index in [-0.39, 0.29) is 6.42 Å². The second-order valence-electron chi connectivity index (χ2n) is 3.12. The Balaban J connectivity index is 2.85. The Morgan fingerprint density at radius 2 is 2.21 bits per heavy atom. The van der Waals surface area contributed by atoms with Crippen molar-refractivity contribution in [3.8, 4) is 0 Å². The second-order valence-corrected chi connectivity index (χ2v) is 3.98.